The van der Waals surface area contributed by atoms with Crippen molar-refractivity contribution in [3.05, 3.63) is 109 Å². The average Bonchev–Trinajstić information content (AvgIpc) is 3.43. The van der Waals surface area contributed by atoms with Crippen molar-refractivity contribution in [2.24, 2.45) is 0 Å². The minimum Gasteiger partial charge on any atom is -0.467 e. The molecule has 0 aliphatic heterocycles. The van der Waals surface area contributed by atoms with Gasteiger partial charge in [0.1, 0.15) is 16.5 Å². The van der Waals surface area contributed by atoms with Gasteiger partial charge >= 0.3 is 0 Å². The molecule has 0 bridgehead atoms. The molecule has 1 amide bonds. The fourth-order valence-electron chi connectivity index (χ4n) is 3.14. The number of rotatable bonds is 5. The molecule has 0 radical (unpaired) electrons. The van der Waals surface area contributed by atoms with Crippen molar-refractivity contribution in [3.63, 3.8) is 0 Å². The van der Waals surface area contributed by atoms with Gasteiger partial charge in [0.05, 0.1) is 23.0 Å². The Morgan fingerprint density at radius 1 is 1.12 bits per heavy atom. The summed E-state index contributed by atoms with van der Waals surface area (Å²) in [5, 5.41) is 12.5. The van der Waals surface area contributed by atoms with Crippen LogP contribution >= 0.6 is 11.3 Å². The SMILES string of the molecule is Cc1ccc(C=c2sc(=C(C#N)C(=O)NCc3ccco3)n(-c3ccccc3)c2=O)cc1. The highest BCUT2D eigenvalue weighted by atomic mass is 32.1. The van der Waals surface area contributed by atoms with E-state index in [4.69, 9.17) is 4.42 Å². The molecule has 158 valence electrons. The van der Waals surface area contributed by atoms with E-state index >= 15 is 0 Å². The molecule has 0 aliphatic rings. The molecule has 0 saturated heterocycles. The molecule has 0 unspecified atom stereocenters. The number of hydrogen-bond acceptors (Lipinski definition) is 5. The number of para-hydroxylation sites is 1. The molecule has 4 aromatic rings. The summed E-state index contributed by atoms with van der Waals surface area (Å²) >= 11 is 1.12. The number of nitriles is 1. The highest BCUT2D eigenvalue weighted by molar-refractivity contribution is 7.07. The van der Waals surface area contributed by atoms with Crippen LogP contribution in [0.4, 0.5) is 0 Å². The second kappa shape index (κ2) is 9.33. The third-order valence-electron chi connectivity index (χ3n) is 4.77. The van der Waals surface area contributed by atoms with Crippen molar-refractivity contribution >= 4 is 28.9 Å². The van der Waals surface area contributed by atoms with Gasteiger partial charge in [0.15, 0.2) is 5.57 Å². The van der Waals surface area contributed by atoms with Gasteiger partial charge in [0.2, 0.25) is 0 Å². The maximum absolute atomic E-state index is 13.3. The summed E-state index contributed by atoms with van der Waals surface area (Å²) in [6, 6.07) is 22.2. The molecule has 0 spiro atoms. The summed E-state index contributed by atoms with van der Waals surface area (Å²) in [5.74, 6) is -0.00706. The molecule has 1 N–H and O–H groups in total. The number of furan rings is 1. The minimum atomic E-state index is -0.572. The molecule has 7 heteroatoms. The smallest absolute Gasteiger partial charge is 0.273 e. The van der Waals surface area contributed by atoms with E-state index in [-0.39, 0.29) is 22.3 Å². The first kappa shape index (κ1) is 21.1. The van der Waals surface area contributed by atoms with E-state index in [0.29, 0.717) is 16.0 Å². The van der Waals surface area contributed by atoms with Crippen LogP contribution in [0.5, 0.6) is 0 Å². The number of nitrogens with one attached hydrogen (secondary N) is 1. The summed E-state index contributed by atoms with van der Waals surface area (Å²) in [6.07, 6.45) is 3.28. The molecule has 0 fully saturated rings. The van der Waals surface area contributed by atoms with E-state index < -0.39 is 5.91 Å². The highest BCUT2D eigenvalue weighted by Gasteiger charge is 2.17. The topological polar surface area (TPSA) is 88.0 Å². The number of carbonyl (C=O) groups excluding carboxylic acids is 1. The molecule has 2 aromatic carbocycles. The van der Waals surface area contributed by atoms with Gasteiger partial charge in [-0.1, -0.05) is 48.0 Å². The third-order valence-corrected chi connectivity index (χ3v) is 5.86. The van der Waals surface area contributed by atoms with Crippen LogP contribution in [0, 0.1) is 18.3 Å². The number of benzene rings is 2. The Morgan fingerprint density at radius 3 is 2.53 bits per heavy atom. The van der Waals surface area contributed by atoms with Crippen molar-refractivity contribution in [1.82, 2.24) is 9.88 Å². The molecule has 0 aliphatic carbocycles. The number of aromatic nitrogens is 1. The van der Waals surface area contributed by atoms with Gasteiger partial charge in [0, 0.05) is 0 Å². The number of amides is 1. The van der Waals surface area contributed by atoms with Gasteiger partial charge in [-0.3, -0.25) is 14.2 Å². The van der Waals surface area contributed by atoms with Crippen LogP contribution in [0.25, 0.3) is 17.3 Å². The molecule has 32 heavy (non-hydrogen) atoms. The summed E-state index contributed by atoms with van der Waals surface area (Å²) < 4.78 is 7.35. The lowest BCUT2D eigenvalue weighted by Crippen LogP contribution is -2.33. The standard InChI is InChI=1S/C25H19N3O3S/c1-17-9-11-18(12-10-17)14-22-24(30)28(19-6-3-2-4-7-19)25(32-22)21(15-26)23(29)27-16-20-8-5-13-31-20/h2-14H,16H2,1H3,(H,27,29). The van der Waals surface area contributed by atoms with Crippen molar-refractivity contribution in [3.8, 4) is 11.8 Å². The van der Waals surface area contributed by atoms with Crippen LogP contribution in [-0.4, -0.2) is 10.5 Å². The van der Waals surface area contributed by atoms with E-state index in [1.165, 1.54) is 10.8 Å². The van der Waals surface area contributed by atoms with Crippen molar-refractivity contribution < 1.29 is 9.21 Å². The Kier molecular flexibility index (Phi) is 6.15. The van der Waals surface area contributed by atoms with Crippen LogP contribution < -0.4 is 20.1 Å². The van der Waals surface area contributed by atoms with Crippen molar-refractivity contribution in [2.75, 3.05) is 0 Å². The fraction of sp³-hybridized carbons (Fsp3) is 0.0800. The second-order valence-electron chi connectivity index (χ2n) is 7.05. The highest BCUT2D eigenvalue weighted by Crippen LogP contribution is 2.06. The van der Waals surface area contributed by atoms with E-state index in [0.717, 1.165) is 22.5 Å². The van der Waals surface area contributed by atoms with Crippen molar-refractivity contribution in [1.29, 1.82) is 5.26 Å². The number of nitrogens with zero attached hydrogens (tertiary/aromatic N) is 2. The number of hydrogen-bond donors (Lipinski definition) is 1. The van der Waals surface area contributed by atoms with E-state index in [1.54, 1.807) is 42.5 Å². The quantitative estimate of drug-likeness (QED) is 0.516. The first-order valence-electron chi connectivity index (χ1n) is 9.87. The molecule has 6 nitrogen and oxygen atoms in total. The summed E-state index contributed by atoms with van der Waals surface area (Å²) in [5.41, 5.74) is 2.14. The van der Waals surface area contributed by atoms with Crippen LogP contribution in [-0.2, 0) is 11.3 Å². The predicted octanol–water partition coefficient (Wildman–Crippen LogP) is 2.62. The summed E-state index contributed by atoms with van der Waals surface area (Å²) in [7, 11) is 0. The maximum atomic E-state index is 13.3. The Balaban J connectivity index is 1.89. The molecule has 2 aromatic heterocycles. The molecular weight excluding hydrogens is 422 g/mol. The minimum absolute atomic E-state index is 0.133. The van der Waals surface area contributed by atoms with E-state index in [9.17, 15) is 14.9 Å². The van der Waals surface area contributed by atoms with Crippen LogP contribution in [0.15, 0.2) is 82.2 Å². The maximum Gasteiger partial charge on any atom is 0.273 e. The Hall–Kier alpha value is -4.15. The number of carbonyl (C=O) groups is 1. The Labute approximate surface area is 188 Å². The van der Waals surface area contributed by atoms with Gasteiger partial charge in [-0.25, -0.2) is 0 Å². The van der Waals surface area contributed by atoms with Gasteiger partial charge in [-0.2, -0.15) is 5.26 Å². The van der Waals surface area contributed by atoms with Crippen LogP contribution in [0.1, 0.15) is 16.9 Å². The predicted molar refractivity (Wildman–Crippen MR) is 123 cm³/mol. The normalized spacial score (nSPS) is 12.3. The third kappa shape index (κ3) is 4.46. The first-order valence-corrected chi connectivity index (χ1v) is 10.7. The monoisotopic (exact) mass is 441 g/mol. The average molecular weight is 442 g/mol. The second-order valence-corrected chi connectivity index (χ2v) is 8.08. The zero-order chi connectivity index (χ0) is 22.5. The zero-order valence-corrected chi connectivity index (χ0v) is 18.1. The Morgan fingerprint density at radius 2 is 1.88 bits per heavy atom. The molecule has 2 heterocycles. The van der Waals surface area contributed by atoms with Gasteiger partial charge in [-0.15, -0.1) is 11.3 Å². The van der Waals surface area contributed by atoms with Gasteiger partial charge in [-0.05, 0) is 42.8 Å². The lowest BCUT2D eigenvalue weighted by atomic mass is 10.1. The molecule has 4 rings (SSSR count). The lowest BCUT2D eigenvalue weighted by molar-refractivity contribution is -0.115. The molecule has 0 saturated carbocycles. The zero-order valence-electron chi connectivity index (χ0n) is 17.2. The van der Waals surface area contributed by atoms with Crippen molar-refractivity contribution in [2.45, 2.75) is 13.5 Å². The number of thiazole rings is 1. The van der Waals surface area contributed by atoms with Gasteiger partial charge in [0.25, 0.3) is 11.5 Å². The fourth-order valence-corrected chi connectivity index (χ4v) is 4.24. The van der Waals surface area contributed by atoms with Crippen LogP contribution in [0.2, 0.25) is 0 Å². The van der Waals surface area contributed by atoms with Gasteiger partial charge < -0.3 is 9.73 Å². The number of aryl methyl sites for hydroxylation is 1. The van der Waals surface area contributed by atoms with E-state index in [2.05, 4.69) is 5.32 Å². The molecular formula is C25H19N3O3S. The first-order chi connectivity index (χ1) is 15.6. The lowest BCUT2D eigenvalue weighted by Gasteiger charge is -2.04. The summed E-state index contributed by atoms with van der Waals surface area (Å²) in [4.78, 5) is 26.2. The summed E-state index contributed by atoms with van der Waals surface area (Å²) in [6.45, 7) is 2.13. The molecule has 0 atom stereocenters. The largest absolute Gasteiger partial charge is 0.467 e. The Bertz CT molecular complexity index is 1460. The van der Waals surface area contributed by atoms with E-state index in [1.807, 2.05) is 43.3 Å². The van der Waals surface area contributed by atoms with Crippen LogP contribution in [0.3, 0.4) is 0 Å².